The summed E-state index contributed by atoms with van der Waals surface area (Å²) in [6, 6.07) is 7.64. The van der Waals surface area contributed by atoms with Gasteiger partial charge in [-0.15, -0.1) is 0 Å². The second-order valence-corrected chi connectivity index (χ2v) is 5.70. The molecule has 0 aliphatic carbocycles. The van der Waals surface area contributed by atoms with Crippen molar-refractivity contribution in [1.29, 1.82) is 0 Å². The number of carbonyl (C=O) groups is 2. The number of likely N-dealkylation sites (N-methyl/N-ethyl adjacent to an activating group) is 1. The molecule has 2 aliphatic rings. The summed E-state index contributed by atoms with van der Waals surface area (Å²) in [5.41, 5.74) is 0.979. The monoisotopic (exact) mass is 319 g/mol. The predicted molar refractivity (Wildman–Crippen MR) is 84.7 cm³/mol. The predicted octanol–water partition coefficient (Wildman–Crippen LogP) is 0.842. The van der Waals surface area contributed by atoms with Crippen LogP contribution in [-0.4, -0.2) is 62.8 Å². The number of ether oxygens (including phenoxy) is 2. The minimum absolute atomic E-state index is 0.170. The van der Waals surface area contributed by atoms with Crippen molar-refractivity contribution in [2.45, 2.75) is 12.5 Å². The van der Waals surface area contributed by atoms with Crippen LogP contribution in [0.4, 0.5) is 10.5 Å². The normalized spacial score (nSPS) is 20.4. The van der Waals surface area contributed by atoms with Crippen LogP contribution in [0, 0.1) is 0 Å². The van der Waals surface area contributed by atoms with E-state index in [9.17, 15) is 9.59 Å². The average Bonchev–Trinajstić information content (AvgIpc) is 2.56. The molecule has 2 amide bonds. The van der Waals surface area contributed by atoms with E-state index in [1.165, 1.54) is 0 Å². The van der Waals surface area contributed by atoms with Crippen molar-refractivity contribution >= 4 is 17.7 Å². The van der Waals surface area contributed by atoms with Gasteiger partial charge in [-0.2, -0.15) is 0 Å². The van der Waals surface area contributed by atoms with Gasteiger partial charge in [-0.1, -0.05) is 12.1 Å². The highest BCUT2D eigenvalue weighted by Crippen LogP contribution is 2.31. The Morgan fingerprint density at radius 3 is 3.04 bits per heavy atom. The highest BCUT2D eigenvalue weighted by atomic mass is 16.6. The van der Waals surface area contributed by atoms with Gasteiger partial charge in [0, 0.05) is 26.7 Å². The standard InChI is InChI=1S/C16H21N3O4/c1-18-11-14(23-13-6-3-2-5-12(13)18)15(20)17-7-9-19-8-4-10-22-16(19)21/h2-3,5-6,14H,4,7-11H2,1H3,(H,17,20). The summed E-state index contributed by atoms with van der Waals surface area (Å²) in [5.74, 6) is 0.540. The number of carbonyl (C=O) groups excluding carboxylic acids is 2. The first kappa shape index (κ1) is 15.5. The van der Waals surface area contributed by atoms with Gasteiger partial charge in [-0.25, -0.2) is 4.79 Å². The molecule has 0 radical (unpaired) electrons. The third-order valence-corrected chi connectivity index (χ3v) is 4.01. The molecule has 1 fully saturated rings. The first-order chi connectivity index (χ1) is 11.1. The van der Waals surface area contributed by atoms with Crippen molar-refractivity contribution in [1.82, 2.24) is 10.2 Å². The van der Waals surface area contributed by atoms with Crippen molar-refractivity contribution in [2.75, 3.05) is 44.7 Å². The average molecular weight is 319 g/mol. The third-order valence-electron chi connectivity index (χ3n) is 4.01. The number of para-hydroxylation sites is 2. The molecule has 1 unspecified atom stereocenters. The summed E-state index contributed by atoms with van der Waals surface area (Å²) >= 11 is 0. The van der Waals surface area contributed by atoms with E-state index in [0.29, 0.717) is 38.5 Å². The molecule has 2 heterocycles. The zero-order chi connectivity index (χ0) is 16.2. The molecule has 0 aromatic heterocycles. The van der Waals surface area contributed by atoms with Gasteiger partial charge in [0.2, 0.25) is 0 Å². The van der Waals surface area contributed by atoms with Gasteiger partial charge in [0.1, 0.15) is 5.75 Å². The summed E-state index contributed by atoms with van der Waals surface area (Å²) in [4.78, 5) is 27.4. The van der Waals surface area contributed by atoms with Gasteiger partial charge in [-0.05, 0) is 18.6 Å². The van der Waals surface area contributed by atoms with E-state index < -0.39 is 6.10 Å². The van der Waals surface area contributed by atoms with Crippen LogP contribution >= 0.6 is 0 Å². The molecule has 1 atom stereocenters. The van der Waals surface area contributed by atoms with Crippen LogP contribution in [0.5, 0.6) is 5.75 Å². The molecule has 7 heteroatoms. The van der Waals surface area contributed by atoms with Crippen molar-refractivity contribution in [3.8, 4) is 5.75 Å². The summed E-state index contributed by atoms with van der Waals surface area (Å²) in [5, 5.41) is 2.83. The number of benzene rings is 1. The zero-order valence-corrected chi connectivity index (χ0v) is 13.2. The lowest BCUT2D eigenvalue weighted by atomic mass is 10.2. The highest BCUT2D eigenvalue weighted by Gasteiger charge is 2.29. The SMILES string of the molecule is CN1CC(C(=O)NCCN2CCCOC2=O)Oc2ccccc21. The summed E-state index contributed by atoms with van der Waals surface area (Å²) in [6.45, 7) is 2.48. The van der Waals surface area contributed by atoms with Crippen LogP contribution in [-0.2, 0) is 9.53 Å². The Morgan fingerprint density at radius 1 is 1.39 bits per heavy atom. The van der Waals surface area contributed by atoms with Crippen LogP contribution < -0.4 is 15.0 Å². The topological polar surface area (TPSA) is 71.1 Å². The smallest absolute Gasteiger partial charge is 0.409 e. The first-order valence-corrected chi connectivity index (χ1v) is 7.81. The van der Waals surface area contributed by atoms with E-state index in [1.807, 2.05) is 36.2 Å². The van der Waals surface area contributed by atoms with Gasteiger partial charge < -0.3 is 24.6 Å². The lowest BCUT2D eigenvalue weighted by molar-refractivity contribution is -0.127. The minimum Gasteiger partial charge on any atom is -0.477 e. The van der Waals surface area contributed by atoms with E-state index in [1.54, 1.807) is 4.90 Å². The molecule has 1 aromatic rings. The Kier molecular flexibility index (Phi) is 4.55. The van der Waals surface area contributed by atoms with Crippen molar-refractivity contribution in [2.24, 2.45) is 0 Å². The van der Waals surface area contributed by atoms with Gasteiger partial charge in [0.15, 0.2) is 6.10 Å². The van der Waals surface area contributed by atoms with Crippen molar-refractivity contribution < 1.29 is 19.1 Å². The Labute approximate surface area is 135 Å². The molecule has 124 valence electrons. The lowest BCUT2D eigenvalue weighted by Crippen LogP contribution is -2.50. The summed E-state index contributed by atoms with van der Waals surface area (Å²) < 4.78 is 10.7. The van der Waals surface area contributed by atoms with E-state index >= 15 is 0 Å². The molecular formula is C16H21N3O4. The van der Waals surface area contributed by atoms with Crippen LogP contribution in [0.1, 0.15) is 6.42 Å². The molecule has 1 aromatic carbocycles. The van der Waals surface area contributed by atoms with Gasteiger partial charge in [-0.3, -0.25) is 4.79 Å². The quantitative estimate of drug-likeness (QED) is 0.890. The fourth-order valence-corrected chi connectivity index (χ4v) is 2.77. The van der Waals surface area contributed by atoms with E-state index in [0.717, 1.165) is 12.1 Å². The zero-order valence-electron chi connectivity index (χ0n) is 13.2. The molecule has 1 saturated heterocycles. The van der Waals surface area contributed by atoms with Crippen LogP contribution in [0.25, 0.3) is 0 Å². The third kappa shape index (κ3) is 3.49. The Hall–Kier alpha value is -2.44. The number of nitrogens with one attached hydrogen (secondary N) is 1. The first-order valence-electron chi connectivity index (χ1n) is 7.81. The van der Waals surface area contributed by atoms with Gasteiger partial charge in [0.25, 0.3) is 5.91 Å². The van der Waals surface area contributed by atoms with Gasteiger partial charge >= 0.3 is 6.09 Å². The Balaban J connectivity index is 1.50. The van der Waals surface area contributed by atoms with E-state index in [2.05, 4.69) is 5.32 Å². The Morgan fingerprint density at radius 2 is 2.22 bits per heavy atom. The van der Waals surface area contributed by atoms with Gasteiger partial charge in [0.05, 0.1) is 18.8 Å². The molecule has 1 N–H and O–H groups in total. The second kappa shape index (κ2) is 6.76. The molecule has 3 rings (SSSR count). The molecule has 0 bridgehead atoms. The molecule has 2 aliphatic heterocycles. The Bertz CT molecular complexity index is 592. The molecule has 0 spiro atoms. The van der Waals surface area contributed by atoms with Crippen molar-refractivity contribution in [3.05, 3.63) is 24.3 Å². The second-order valence-electron chi connectivity index (χ2n) is 5.70. The maximum absolute atomic E-state index is 12.3. The summed E-state index contributed by atoms with van der Waals surface area (Å²) in [6.07, 6.45) is -0.0382. The molecule has 7 nitrogen and oxygen atoms in total. The minimum atomic E-state index is -0.553. The van der Waals surface area contributed by atoms with Crippen LogP contribution in [0.15, 0.2) is 24.3 Å². The maximum Gasteiger partial charge on any atom is 0.409 e. The lowest BCUT2D eigenvalue weighted by Gasteiger charge is -2.33. The maximum atomic E-state index is 12.3. The number of hydrogen-bond acceptors (Lipinski definition) is 5. The molecule has 0 saturated carbocycles. The number of anilines is 1. The fourth-order valence-electron chi connectivity index (χ4n) is 2.77. The highest BCUT2D eigenvalue weighted by molar-refractivity contribution is 5.83. The largest absolute Gasteiger partial charge is 0.477 e. The van der Waals surface area contributed by atoms with E-state index in [-0.39, 0.29) is 12.0 Å². The molecule has 23 heavy (non-hydrogen) atoms. The number of cyclic esters (lactones) is 1. The van der Waals surface area contributed by atoms with Crippen LogP contribution in [0.2, 0.25) is 0 Å². The fraction of sp³-hybridized carbons (Fsp3) is 0.500. The molecular weight excluding hydrogens is 298 g/mol. The number of hydrogen-bond donors (Lipinski definition) is 1. The van der Waals surface area contributed by atoms with E-state index in [4.69, 9.17) is 9.47 Å². The summed E-state index contributed by atoms with van der Waals surface area (Å²) in [7, 11) is 1.94. The number of amides is 2. The van der Waals surface area contributed by atoms with Crippen LogP contribution in [0.3, 0.4) is 0 Å². The van der Waals surface area contributed by atoms with Crippen molar-refractivity contribution in [3.63, 3.8) is 0 Å². The number of fused-ring (bicyclic) bond motifs is 1. The number of rotatable bonds is 4. The number of nitrogens with zero attached hydrogens (tertiary/aromatic N) is 2.